The van der Waals surface area contributed by atoms with Gasteiger partial charge in [0.25, 0.3) is 0 Å². The largest absolute Gasteiger partial charge is 0.493 e. The Labute approximate surface area is 141 Å². The first-order valence-electron chi connectivity index (χ1n) is 7.67. The van der Waals surface area contributed by atoms with Crippen LogP contribution in [0.3, 0.4) is 0 Å². The minimum absolute atomic E-state index is 0.643. The van der Waals surface area contributed by atoms with Crippen molar-refractivity contribution in [1.29, 1.82) is 0 Å². The number of para-hydroxylation sites is 1. The first-order valence-corrected chi connectivity index (χ1v) is 7.67. The quantitative estimate of drug-likeness (QED) is 0.657. The summed E-state index contributed by atoms with van der Waals surface area (Å²) in [7, 11) is 3.22. The highest BCUT2D eigenvalue weighted by Crippen LogP contribution is 2.37. The lowest BCUT2D eigenvalue weighted by Crippen LogP contribution is -1.94. The number of fused-ring (bicyclic) bond motifs is 1. The minimum Gasteiger partial charge on any atom is -0.493 e. The van der Waals surface area contributed by atoms with Crippen LogP contribution in [0.5, 0.6) is 23.0 Å². The molecule has 0 atom stereocenters. The van der Waals surface area contributed by atoms with Gasteiger partial charge in [-0.3, -0.25) is 4.98 Å². The predicted molar refractivity (Wildman–Crippen MR) is 96.1 cm³/mol. The van der Waals surface area contributed by atoms with Gasteiger partial charge >= 0.3 is 0 Å². The normalized spacial score (nSPS) is 11.0. The molecule has 0 amide bonds. The third-order valence-corrected chi connectivity index (χ3v) is 3.69. The first kappa shape index (κ1) is 15.9. The van der Waals surface area contributed by atoms with E-state index in [1.54, 1.807) is 20.4 Å². The Morgan fingerprint density at radius 3 is 2.38 bits per heavy atom. The molecule has 4 nitrogen and oxygen atoms in total. The van der Waals surface area contributed by atoms with Gasteiger partial charge in [0.2, 0.25) is 0 Å². The lowest BCUT2D eigenvalue weighted by molar-refractivity contribution is 0.355. The molecule has 3 rings (SSSR count). The molecule has 0 saturated heterocycles. The van der Waals surface area contributed by atoms with Crippen LogP contribution in [0.2, 0.25) is 0 Å². The van der Waals surface area contributed by atoms with Gasteiger partial charge in [0.15, 0.2) is 11.5 Å². The molecule has 0 saturated carbocycles. The van der Waals surface area contributed by atoms with Gasteiger partial charge in [-0.2, -0.15) is 0 Å². The number of hydrogen-bond acceptors (Lipinski definition) is 4. The maximum absolute atomic E-state index is 6.16. The fourth-order valence-electron chi connectivity index (χ4n) is 2.55. The van der Waals surface area contributed by atoms with Gasteiger partial charge in [-0.1, -0.05) is 30.4 Å². The monoisotopic (exact) mass is 321 g/mol. The summed E-state index contributed by atoms with van der Waals surface area (Å²) in [6, 6.07) is 13.5. The smallest absolute Gasteiger partial charge is 0.162 e. The van der Waals surface area contributed by atoms with Crippen LogP contribution in [-0.2, 0) is 0 Å². The highest BCUT2D eigenvalue weighted by Gasteiger charge is 2.12. The van der Waals surface area contributed by atoms with Gasteiger partial charge < -0.3 is 14.2 Å². The molecule has 0 spiro atoms. The second-order valence-electron chi connectivity index (χ2n) is 5.17. The maximum Gasteiger partial charge on any atom is 0.162 e. The van der Waals surface area contributed by atoms with Gasteiger partial charge in [-0.25, -0.2) is 0 Å². The molecule has 0 unspecified atom stereocenters. The highest BCUT2D eigenvalue weighted by atomic mass is 16.5. The van der Waals surface area contributed by atoms with E-state index < -0.39 is 0 Å². The zero-order valence-electron chi connectivity index (χ0n) is 13.9. The molecule has 0 aliphatic carbocycles. The fraction of sp³-hybridized carbons (Fsp3) is 0.150. The van der Waals surface area contributed by atoms with Crippen molar-refractivity contribution in [3.63, 3.8) is 0 Å². The van der Waals surface area contributed by atoms with E-state index in [1.165, 1.54) is 0 Å². The van der Waals surface area contributed by atoms with Crippen LogP contribution in [0.15, 0.2) is 54.7 Å². The van der Waals surface area contributed by atoms with Crippen molar-refractivity contribution in [2.45, 2.75) is 6.92 Å². The number of aromatic nitrogens is 1. The van der Waals surface area contributed by atoms with Crippen LogP contribution < -0.4 is 14.2 Å². The lowest BCUT2D eigenvalue weighted by Gasteiger charge is -2.13. The molecule has 24 heavy (non-hydrogen) atoms. The molecular weight excluding hydrogens is 302 g/mol. The molecule has 1 heterocycles. The maximum atomic E-state index is 6.16. The van der Waals surface area contributed by atoms with E-state index >= 15 is 0 Å². The third kappa shape index (κ3) is 3.04. The Morgan fingerprint density at radius 1 is 0.875 bits per heavy atom. The van der Waals surface area contributed by atoms with Gasteiger partial charge in [-0.05, 0) is 25.1 Å². The molecule has 0 aliphatic rings. The number of rotatable bonds is 5. The minimum atomic E-state index is 0.643. The first-order chi connectivity index (χ1) is 11.8. The molecule has 0 aliphatic heterocycles. The van der Waals surface area contributed by atoms with E-state index in [1.807, 2.05) is 61.5 Å². The van der Waals surface area contributed by atoms with Crippen LogP contribution in [0.1, 0.15) is 12.5 Å². The Balaban J connectivity index is 2.10. The molecule has 3 aromatic rings. The summed E-state index contributed by atoms with van der Waals surface area (Å²) >= 11 is 0. The average molecular weight is 321 g/mol. The number of ether oxygens (including phenoxy) is 3. The summed E-state index contributed by atoms with van der Waals surface area (Å²) < 4.78 is 16.9. The molecular formula is C20H19NO3. The summed E-state index contributed by atoms with van der Waals surface area (Å²) in [5.74, 6) is 2.80. The molecule has 0 fully saturated rings. The van der Waals surface area contributed by atoms with Crippen molar-refractivity contribution < 1.29 is 14.2 Å². The van der Waals surface area contributed by atoms with E-state index in [0.717, 1.165) is 28.0 Å². The van der Waals surface area contributed by atoms with E-state index in [2.05, 4.69) is 4.98 Å². The highest BCUT2D eigenvalue weighted by molar-refractivity contribution is 5.88. The molecule has 0 radical (unpaired) electrons. The molecule has 0 N–H and O–H groups in total. The van der Waals surface area contributed by atoms with E-state index in [9.17, 15) is 0 Å². The standard InChI is InChI=1S/C20H19NO3/c1-4-7-14-8-5-6-9-17(14)24-18-10-11-21-16-13-20(23-3)19(22-2)12-15(16)18/h4-13H,1-3H3/b7-4+. The summed E-state index contributed by atoms with van der Waals surface area (Å²) in [6.45, 7) is 1.98. The molecule has 0 bridgehead atoms. The van der Waals surface area contributed by atoms with Gasteiger partial charge in [0.05, 0.1) is 19.7 Å². The topological polar surface area (TPSA) is 40.6 Å². The van der Waals surface area contributed by atoms with Crippen molar-refractivity contribution in [1.82, 2.24) is 4.98 Å². The summed E-state index contributed by atoms with van der Waals surface area (Å²) in [5, 5.41) is 0.866. The second kappa shape index (κ2) is 7.04. The number of nitrogens with zero attached hydrogens (tertiary/aromatic N) is 1. The molecule has 2 aromatic carbocycles. The number of allylic oxidation sites excluding steroid dienone is 1. The lowest BCUT2D eigenvalue weighted by atomic mass is 10.1. The van der Waals surface area contributed by atoms with Gasteiger partial charge in [-0.15, -0.1) is 0 Å². The zero-order valence-corrected chi connectivity index (χ0v) is 13.9. The van der Waals surface area contributed by atoms with Crippen LogP contribution >= 0.6 is 0 Å². The number of methoxy groups -OCH3 is 2. The summed E-state index contributed by atoms with van der Waals surface area (Å²) in [5.41, 5.74) is 1.80. The van der Waals surface area contributed by atoms with Crippen molar-refractivity contribution in [3.8, 4) is 23.0 Å². The predicted octanol–water partition coefficient (Wildman–Crippen LogP) is 5.08. The molecule has 4 heteroatoms. The van der Waals surface area contributed by atoms with Crippen LogP contribution in [0.4, 0.5) is 0 Å². The Hall–Kier alpha value is -3.01. The van der Waals surface area contributed by atoms with Gasteiger partial charge in [0, 0.05) is 23.2 Å². The number of pyridine rings is 1. The summed E-state index contributed by atoms with van der Waals surface area (Å²) in [6.07, 6.45) is 5.73. The van der Waals surface area contributed by atoms with Crippen molar-refractivity contribution in [2.75, 3.05) is 14.2 Å². The Bertz CT molecular complexity index is 887. The van der Waals surface area contributed by atoms with Crippen molar-refractivity contribution in [2.24, 2.45) is 0 Å². The van der Waals surface area contributed by atoms with E-state index in [-0.39, 0.29) is 0 Å². The summed E-state index contributed by atoms with van der Waals surface area (Å²) in [4.78, 5) is 4.40. The fourth-order valence-corrected chi connectivity index (χ4v) is 2.55. The van der Waals surface area contributed by atoms with Gasteiger partial charge in [0.1, 0.15) is 11.5 Å². The van der Waals surface area contributed by atoms with Crippen molar-refractivity contribution in [3.05, 3.63) is 60.3 Å². The van der Waals surface area contributed by atoms with Crippen LogP contribution in [0, 0.1) is 0 Å². The average Bonchev–Trinajstić information content (AvgIpc) is 2.62. The van der Waals surface area contributed by atoms with E-state index in [4.69, 9.17) is 14.2 Å². The third-order valence-electron chi connectivity index (χ3n) is 3.69. The Morgan fingerprint density at radius 2 is 1.62 bits per heavy atom. The van der Waals surface area contributed by atoms with Crippen LogP contribution in [-0.4, -0.2) is 19.2 Å². The van der Waals surface area contributed by atoms with E-state index in [0.29, 0.717) is 11.5 Å². The van der Waals surface area contributed by atoms with Crippen LogP contribution in [0.25, 0.3) is 17.0 Å². The zero-order chi connectivity index (χ0) is 16.9. The molecule has 1 aromatic heterocycles. The SMILES string of the molecule is C/C=C/c1ccccc1Oc1ccnc2cc(OC)c(OC)cc12. The second-order valence-corrected chi connectivity index (χ2v) is 5.17. The number of hydrogen-bond donors (Lipinski definition) is 0. The van der Waals surface area contributed by atoms with Crippen molar-refractivity contribution >= 4 is 17.0 Å². The number of benzene rings is 2. The molecule has 122 valence electrons. The Kier molecular flexibility index (Phi) is 4.66.